The maximum Gasteiger partial charge on any atom is 0.176 e. The number of Topliss-reactive ketones (excluding diaryl/α,β-unsaturated/α-hetero) is 1. The summed E-state index contributed by atoms with van der Waals surface area (Å²) < 4.78 is 5.13. The molecule has 1 unspecified atom stereocenters. The molecule has 0 amide bonds. The summed E-state index contributed by atoms with van der Waals surface area (Å²) in [6, 6.07) is 0. The lowest BCUT2D eigenvalue weighted by Crippen LogP contribution is -2.36. The Kier molecular flexibility index (Phi) is 4.61. The van der Waals surface area contributed by atoms with Crippen LogP contribution >= 0.6 is 0 Å². The number of hydrogen-bond donors (Lipinski definition) is 0. The fourth-order valence-corrected chi connectivity index (χ4v) is 0.811. The molecule has 0 saturated carbocycles. The molecule has 0 bridgehead atoms. The van der Waals surface area contributed by atoms with Crippen molar-refractivity contribution in [1.29, 1.82) is 0 Å². The van der Waals surface area contributed by atoms with Crippen molar-refractivity contribution in [2.75, 3.05) is 7.11 Å². The number of ketones is 1. The molecule has 0 aromatic heterocycles. The molecule has 0 spiro atoms. The third kappa shape index (κ3) is 2.67. The van der Waals surface area contributed by atoms with Gasteiger partial charge in [-0.3, -0.25) is 4.79 Å². The van der Waals surface area contributed by atoms with Gasteiger partial charge in [-0.25, -0.2) is 0 Å². The van der Waals surface area contributed by atoms with Crippen LogP contribution in [0.15, 0.2) is 0 Å². The molecule has 2 nitrogen and oxygen atoms in total. The molecular formula is C10H16O2. The molecule has 0 radical (unpaired) electrons. The molecule has 0 aliphatic rings. The minimum atomic E-state index is -0.649. The maximum atomic E-state index is 11.5. The van der Waals surface area contributed by atoms with Gasteiger partial charge in [-0.15, -0.1) is 5.92 Å². The Balaban J connectivity index is 4.28. The van der Waals surface area contributed by atoms with Crippen LogP contribution in [-0.2, 0) is 9.53 Å². The standard InChI is InChI=1S/C10H16O2/c1-5-7-8-9(11)10(3,6-2)12-4/h6,8H2,1-4H3. The van der Waals surface area contributed by atoms with E-state index in [-0.39, 0.29) is 12.2 Å². The van der Waals surface area contributed by atoms with E-state index in [1.807, 2.05) is 6.92 Å². The third-order valence-corrected chi connectivity index (χ3v) is 2.14. The van der Waals surface area contributed by atoms with Crippen molar-refractivity contribution >= 4 is 5.78 Å². The van der Waals surface area contributed by atoms with Crippen molar-refractivity contribution in [1.82, 2.24) is 0 Å². The van der Waals surface area contributed by atoms with Gasteiger partial charge in [0, 0.05) is 7.11 Å². The summed E-state index contributed by atoms with van der Waals surface area (Å²) in [5, 5.41) is 0. The molecule has 0 fully saturated rings. The second kappa shape index (κ2) is 4.95. The van der Waals surface area contributed by atoms with Crippen LogP contribution in [0.2, 0.25) is 0 Å². The molecule has 0 saturated heterocycles. The van der Waals surface area contributed by atoms with Gasteiger partial charge in [0.05, 0.1) is 6.42 Å². The maximum absolute atomic E-state index is 11.5. The zero-order valence-corrected chi connectivity index (χ0v) is 8.23. The Bertz CT molecular complexity index is 204. The van der Waals surface area contributed by atoms with Crippen LogP contribution < -0.4 is 0 Å². The largest absolute Gasteiger partial charge is 0.371 e. The van der Waals surface area contributed by atoms with E-state index in [4.69, 9.17) is 4.74 Å². The molecule has 2 heteroatoms. The molecule has 0 aliphatic carbocycles. The van der Waals surface area contributed by atoms with Crippen LogP contribution in [0.25, 0.3) is 0 Å². The first kappa shape index (κ1) is 11.2. The fraction of sp³-hybridized carbons (Fsp3) is 0.700. The number of rotatable bonds is 4. The summed E-state index contributed by atoms with van der Waals surface area (Å²) in [4.78, 5) is 11.5. The lowest BCUT2D eigenvalue weighted by atomic mass is 9.95. The van der Waals surface area contributed by atoms with Crippen LogP contribution in [0.5, 0.6) is 0 Å². The summed E-state index contributed by atoms with van der Waals surface area (Å²) in [6.07, 6.45) is 0.975. The smallest absolute Gasteiger partial charge is 0.176 e. The first-order valence-corrected chi connectivity index (χ1v) is 4.08. The molecule has 0 rings (SSSR count). The van der Waals surface area contributed by atoms with Crippen molar-refractivity contribution in [3.8, 4) is 11.8 Å². The number of hydrogen-bond acceptors (Lipinski definition) is 2. The van der Waals surface area contributed by atoms with Crippen LogP contribution in [0.3, 0.4) is 0 Å². The van der Waals surface area contributed by atoms with Crippen molar-refractivity contribution in [2.24, 2.45) is 0 Å². The Morgan fingerprint density at radius 3 is 2.50 bits per heavy atom. The molecular weight excluding hydrogens is 152 g/mol. The minimum absolute atomic E-state index is 0.0573. The number of ether oxygens (including phenoxy) is 1. The first-order chi connectivity index (χ1) is 5.60. The van der Waals surface area contributed by atoms with Crippen LogP contribution in [0.4, 0.5) is 0 Å². The first-order valence-electron chi connectivity index (χ1n) is 4.08. The normalized spacial score (nSPS) is 14.3. The monoisotopic (exact) mass is 168 g/mol. The van der Waals surface area contributed by atoms with Gasteiger partial charge in [0.25, 0.3) is 0 Å². The van der Waals surface area contributed by atoms with E-state index < -0.39 is 5.60 Å². The second-order valence-corrected chi connectivity index (χ2v) is 2.82. The topological polar surface area (TPSA) is 26.3 Å². The summed E-state index contributed by atoms with van der Waals surface area (Å²) in [5.41, 5.74) is -0.649. The van der Waals surface area contributed by atoms with Gasteiger partial charge in [0.2, 0.25) is 0 Å². The second-order valence-electron chi connectivity index (χ2n) is 2.82. The van der Waals surface area contributed by atoms with Gasteiger partial charge in [0.1, 0.15) is 5.60 Å². The number of carbonyl (C=O) groups excluding carboxylic acids is 1. The summed E-state index contributed by atoms with van der Waals surface area (Å²) in [5.74, 6) is 5.49. The zero-order chi connectivity index (χ0) is 9.61. The van der Waals surface area contributed by atoms with Crippen LogP contribution in [0, 0.1) is 11.8 Å². The Morgan fingerprint density at radius 1 is 1.58 bits per heavy atom. The van der Waals surface area contributed by atoms with Crippen molar-refractivity contribution < 1.29 is 9.53 Å². The predicted molar refractivity (Wildman–Crippen MR) is 48.8 cm³/mol. The Hall–Kier alpha value is -0.810. The molecule has 68 valence electrons. The van der Waals surface area contributed by atoms with Crippen molar-refractivity contribution in [2.45, 2.75) is 39.2 Å². The number of methoxy groups -OCH3 is 1. The lowest BCUT2D eigenvalue weighted by molar-refractivity contribution is -0.138. The third-order valence-electron chi connectivity index (χ3n) is 2.14. The molecule has 0 aromatic carbocycles. The van der Waals surface area contributed by atoms with Crippen LogP contribution in [-0.4, -0.2) is 18.5 Å². The van der Waals surface area contributed by atoms with Crippen LogP contribution in [0.1, 0.15) is 33.6 Å². The quantitative estimate of drug-likeness (QED) is 0.598. The summed E-state index contributed by atoms with van der Waals surface area (Å²) >= 11 is 0. The predicted octanol–water partition coefficient (Wildman–Crippen LogP) is 1.78. The van der Waals surface area contributed by atoms with Gasteiger partial charge < -0.3 is 4.74 Å². The molecule has 0 aliphatic heterocycles. The van der Waals surface area contributed by atoms with E-state index in [0.29, 0.717) is 6.42 Å². The summed E-state index contributed by atoms with van der Waals surface area (Å²) in [6.45, 7) is 5.46. The highest BCUT2D eigenvalue weighted by Gasteiger charge is 2.29. The van der Waals surface area contributed by atoms with Gasteiger partial charge in [0.15, 0.2) is 5.78 Å². The van der Waals surface area contributed by atoms with E-state index in [1.54, 1.807) is 21.0 Å². The van der Waals surface area contributed by atoms with Crippen molar-refractivity contribution in [3.63, 3.8) is 0 Å². The van der Waals surface area contributed by atoms with Gasteiger partial charge in [-0.05, 0) is 20.3 Å². The van der Waals surface area contributed by atoms with Gasteiger partial charge >= 0.3 is 0 Å². The average molecular weight is 168 g/mol. The molecule has 12 heavy (non-hydrogen) atoms. The van der Waals surface area contributed by atoms with Gasteiger partial charge in [-0.1, -0.05) is 12.8 Å². The van der Waals surface area contributed by atoms with Gasteiger partial charge in [-0.2, -0.15) is 0 Å². The summed E-state index contributed by atoms with van der Waals surface area (Å²) in [7, 11) is 1.56. The molecule has 0 N–H and O–H groups in total. The molecule has 0 aromatic rings. The van der Waals surface area contributed by atoms with E-state index in [0.717, 1.165) is 0 Å². The zero-order valence-electron chi connectivity index (χ0n) is 8.23. The SMILES string of the molecule is CC#CCC(=O)C(C)(CC)OC. The highest BCUT2D eigenvalue weighted by atomic mass is 16.5. The molecule has 0 heterocycles. The highest BCUT2D eigenvalue weighted by Crippen LogP contribution is 2.16. The fourth-order valence-electron chi connectivity index (χ4n) is 0.811. The van der Waals surface area contributed by atoms with Crippen molar-refractivity contribution in [3.05, 3.63) is 0 Å². The van der Waals surface area contributed by atoms with E-state index in [9.17, 15) is 4.79 Å². The lowest BCUT2D eigenvalue weighted by Gasteiger charge is -2.23. The Labute approximate surface area is 74.3 Å². The highest BCUT2D eigenvalue weighted by molar-refractivity contribution is 5.88. The number of carbonyl (C=O) groups is 1. The molecule has 1 atom stereocenters. The van der Waals surface area contributed by atoms with E-state index in [1.165, 1.54) is 0 Å². The van der Waals surface area contributed by atoms with E-state index >= 15 is 0 Å². The van der Waals surface area contributed by atoms with E-state index in [2.05, 4.69) is 11.8 Å². The minimum Gasteiger partial charge on any atom is -0.371 e. The average Bonchev–Trinajstić information content (AvgIpc) is 2.12. The Morgan fingerprint density at radius 2 is 2.17 bits per heavy atom.